The van der Waals surface area contributed by atoms with Crippen LogP contribution in [0.25, 0.3) is 22.1 Å². The number of halogens is 1. The number of hydrogen-bond donors (Lipinski definition) is 2. The molecule has 2 aromatic carbocycles. The lowest BCUT2D eigenvalue weighted by Crippen LogP contribution is -2.52. The van der Waals surface area contributed by atoms with Gasteiger partial charge in [0.25, 0.3) is 5.56 Å². The summed E-state index contributed by atoms with van der Waals surface area (Å²) in [5.41, 5.74) is 4.33. The van der Waals surface area contributed by atoms with Crippen LogP contribution in [0.2, 0.25) is 5.02 Å². The van der Waals surface area contributed by atoms with E-state index in [2.05, 4.69) is 20.4 Å². The summed E-state index contributed by atoms with van der Waals surface area (Å²) < 4.78 is 32.8. The van der Waals surface area contributed by atoms with E-state index in [1.165, 1.54) is 4.57 Å². The van der Waals surface area contributed by atoms with Crippen molar-refractivity contribution in [2.24, 2.45) is 18.4 Å². The number of anilines is 3. The number of imide groups is 1. The largest absolute Gasteiger partial charge is 0.371 e. The van der Waals surface area contributed by atoms with Crippen LogP contribution in [-0.2, 0) is 26.5 Å². The first kappa shape index (κ1) is 42.0. The number of nitrogens with zero attached hydrogens (tertiary/aromatic N) is 6. The average molecular weight is 896 g/mol. The van der Waals surface area contributed by atoms with Crippen LogP contribution in [0.3, 0.4) is 0 Å². The van der Waals surface area contributed by atoms with E-state index in [9.17, 15) is 27.6 Å². The smallest absolute Gasteiger partial charge is 0.329 e. The third-order valence-corrected chi connectivity index (χ3v) is 17.5. The Hall–Kier alpha value is -4.99. The van der Waals surface area contributed by atoms with Gasteiger partial charge >= 0.3 is 5.69 Å². The standard InChI is InChI=1S/C47H55ClN8O6S/c1-29-23-34(9-10-37(29)49-41-13-7-31-24-36(48)45(59)55(43(31)50-41)32-5-3-4-6-32)63(61,62)35-26-47(27-35)17-21-53(22-18-47)28-30-15-19-54(20-16-30)33-8-11-38-40(25-33)52(2)46(60)56(38)39-12-14-42(57)51-44(39)58/h7-11,13,23-25,30,32,35,39H,3-6,12,14-22,26-28H2,1-2H3,(H,49,50)(H,51,57,58). The molecule has 5 aromatic rings. The fourth-order valence-corrected chi connectivity index (χ4v) is 13.6. The second-order valence-corrected chi connectivity index (χ2v) is 21.6. The van der Waals surface area contributed by atoms with Gasteiger partial charge in [-0.3, -0.25) is 33.4 Å². The maximum Gasteiger partial charge on any atom is 0.329 e. The quantitative estimate of drug-likeness (QED) is 0.151. The van der Waals surface area contributed by atoms with Crippen LogP contribution in [0.5, 0.6) is 0 Å². The maximum atomic E-state index is 13.9. The van der Waals surface area contributed by atoms with Crippen LogP contribution in [0, 0.1) is 18.3 Å². The molecule has 3 aliphatic heterocycles. The van der Waals surface area contributed by atoms with E-state index in [1.807, 2.05) is 43.3 Å². The van der Waals surface area contributed by atoms with Crippen LogP contribution in [0.4, 0.5) is 17.2 Å². The highest BCUT2D eigenvalue weighted by atomic mass is 35.5. The number of carbonyl (C=O) groups is 2. The number of carbonyl (C=O) groups excluding carboxylic acids is 2. The highest BCUT2D eigenvalue weighted by Crippen LogP contribution is 2.53. The molecule has 2 saturated carbocycles. The molecule has 332 valence electrons. The molecule has 1 unspecified atom stereocenters. The molecule has 2 amide bonds. The first-order valence-electron chi connectivity index (χ1n) is 22.6. The lowest BCUT2D eigenvalue weighted by molar-refractivity contribution is -0.135. The summed E-state index contributed by atoms with van der Waals surface area (Å²) in [6.07, 6.45) is 10.1. The Morgan fingerprint density at radius 2 is 1.60 bits per heavy atom. The Morgan fingerprint density at radius 3 is 2.32 bits per heavy atom. The number of nitrogens with one attached hydrogen (secondary N) is 2. The number of pyridine rings is 2. The summed E-state index contributed by atoms with van der Waals surface area (Å²) in [5.74, 6) is 0.434. The summed E-state index contributed by atoms with van der Waals surface area (Å²) in [4.78, 5) is 60.9. The molecule has 16 heteroatoms. The second-order valence-electron chi connectivity index (χ2n) is 19.0. The molecule has 63 heavy (non-hydrogen) atoms. The van der Waals surface area contributed by atoms with Gasteiger partial charge in [-0.2, -0.15) is 0 Å². The van der Waals surface area contributed by atoms with E-state index < -0.39 is 21.8 Å². The molecule has 5 aliphatic rings. The number of sulfone groups is 1. The lowest BCUT2D eigenvalue weighted by atomic mass is 9.63. The average Bonchev–Trinajstić information content (AvgIpc) is 3.88. The molecule has 0 radical (unpaired) electrons. The molecule has 0 bridgehead atoms. The number of aryl methyl sites for hydroxylation is 2. The normalized spacial score (nSPS) is 21.7. The zero-order valence-corrected chi connectivity index (χ0v) is 37.5. The van der Waals surface area contributed by atoms with Gasteiger partial charge < -0.3 is 15.1 Å². The van der Waals surface area contributed by atoms with E-state index in [0.717, 1.165) is 112 Å². The summed E-state index contributed by atoms with van der Waals surface area (Å²) in [7, 11) is -1.76. The fraction of sp³-hybridized carbons (Fsp3) is 0.511. The van der Waals surface area contributed by atoms with E-state index >= 15 is 0 Å². The van der Waals surface area contributed by atoms with Crippen LogP contribution in [0.1, 0.15) is 94.7 Å². The van der Waals surface area contributed by atoms with Crippen molar-refractivity contribution in [1.82, 2.24) is 28.9 Å². The molecule has 2 N–H and O–H groups in total. The van der Waals surface area contributed by atoms with Crippen molar-refractivity contribution in [3.8, 4) is 0 Å². The number of imidazole rings is 1. The molecular weight excluding hydrogens is 840 g/mol. The zero-order chi connectivity index (χ0) is 43.8. The Kier molecular flexibility index (Phi) is 10.8. The number of amides is 2. The monoisotopic (exact) mass is 894 g/mol. The SMILES string of the molecule is Cc1cc(S(=O)(=O)C2CC3(CCN(CC4CCN(c5ccc6c(c5)n(C)c(=O)n6C5CCC(=O)NC5=O)CC4)CC3)C2)ccc1Nc1ccc2cc(Cl)c(=O)n(C3CCCC3)c2n1. The van der Waals surface area contributed by atoms with Crippen LogP contribution in [0.15, 0.2) is 69.1 Å². The highest BCUT2D eigenvalue weighted by molar-refractivity contribution is 7.92. The highest BCUT2D eigenvalue weighted by Gasteiger charge is 2.51. The first-order valence-corrected chi connectivity index (χ1v) is 24.5. The second kappa shape index (κ2) is 16.2. The van der Waals surface area contributed by atoms with Gasteiger partial charge in [-0.05, 0) is 149 Å². The van der Waals surface area contributed by atoms with E-state index in [-0.39, 0.29) is 45.3 Å². The van der Waals surface area contributed by atoms with Crippen LogP contribution in [-0.4, -0.2) is 81.8 Å². The molecule has 2 aliphatic carbocycles. The van der Waals surface area contributed by atoms with Gasteiger partial charge in [-0.15, -0.1) is 0 Å². The summed E-state index contributed by atoms with van der Waals surface area (Å²) in [6, 6.07) is 16.1. The molecule has 5 fully saturated rings. The Balaban J connectivity index is 0.718. The fourth-order valence-electron chi connectivity index (χ4n) is 11.3. The number of piperidine rings is 3. The van der Waals surface area contributed by atoms with E-state index in [1.54, 1.807) is 34.4 Å². The van der Waals surface area contributed by atoms with Crippen molar-refractivity contribution in [1.29, 1.82) is 0 Å². The molecule has 1 atom stereocenters. The molecule has 3 aromatic heterocycles. The van der Waals surface area contributed by atoms with Gasteiger partial charge in [0, 0.05) is 55.9 Å². The van der Waals surface area contributed by atoms with Gasteiger partial charge in [0.2, 0.25) is 11.8 Å². The Morgan fingerprint density at radius 1 is 0.857 bits per heavy atom. The van der Waals surface area contributed by atoms with Crippen LogP contribution >= 0.6 is 11.6 Å². The maximum absolute atomic E-state index is 13.9. The van der Waals surface area contributed by atoms with Crippen molar-refractivity contribution >= 4 is 72.5 Å². The minimum Gasteiger partial charge on any atom is -0.371 e. The lowest BCUT2D eigenvalue weighted by Gasteiger charge is -2.52. The molecule has 3 saturated heterocycles. The zero-order valence-electron chi connectivity index (χ0n) is 35.9. The first-order chi connectivity index (χ1) is 30.3. The number of likely N-dealkylation sites (tertiary alicyclic amines) is 1. The Bertz CT molecular complexity index is 2880. The summed E-state index contributed by atoms with van der Waals surface area (Å²) >= 11 is 6.34. The molecule has 14 nitrogen and oxygen atoms in total. The molecule has 1 spiro atoms. The molecule has 6 heterocycles. The van der Waals surface area contributed by atoms with Crippen LogP contribution < -0.4 is 26.8 Å². The Labute approximate surface area is 371 Å². The number of aromatic nitrogens is 4. The van der Waals surface area contributed by atoms with Crippen molar-refractivity contribution < 1.29 is 18.0 Å². The minimum atomic E-state index is -3.49. The van der Waals surface area contributed by atoms with Crippen molar-refractivity contribution in [3.05, 3.63) is 86.0 Å². The summed E-state index contributed by atoms with van der Waals surface area (Å²) in [6.45, 7) is 6.80. The third-order valence-electron chi connectivity index (χ3n) is 15.1. The summed E-state index contributed by atoms with van der Waals surface area (Å²) in [5, 5.41) is 6.39. The van der Waals surface area contributed by atoms with E-state index in [0.29, 0.717) is 47.1 Å². The number of hydrogen-bond acceptors (Lipinski definition) is 10. The topological polar surface area (TPSA) is 161 Å². The predicted molar refractivity (Wildman–Crippen MR) is 245 cm³/mol. The number of benzene rings is 2. The van der Waals surface area contributed by atoms with Gasteiger partial charge in [-0.1, -0.05) is 24.4 Å². The van der Waals surface area contributed by atoms with E-state index in [4.69, 9.17) is 16.6 Å². The molecule has 10 rings (SSSR count). The number of fused-ring (bicyclic) bond motifs is 2. The predicted octanol–water partition coefficient (Wildman–Crippen LogP) is 6.78. The minimum absolute atomic E-state index is 0.0779. The van der Waals surface area contributed by atoms with Gasteiger partial charge in [0.05, 0.1) is 21.2 Å². The van der Waals surface area contributed by atoms with Gasteiger partial charge in [0.1, 0.15) is 22.5 Å². The number of rotatable bonds is 9. The van der Waals surface area contributed by atoms with Crippen molar-refractivity contribution in [2.75, 3.05) is 42.9 Å². The van der Waals surface area contributed by atoms with Gasteiger partial charge in [0.15, 0.2) is 9.84 Å². The third kappa shape index (κ3) is 7.67. The van der Waals surface area contributed by atoms with Gasteiger partial charge in [-0.25, -0.2) is 18.2 Å². The van der Waals surface area contributed by atoms with Crippen molar-refractivity contribution in [2.45, 2.75) is 106 Å². The van der Waals surface area contributed by atoms with Crippen molar-refractivity contribution in [3.63, 3.8) is 0 Å². The molecular formula is C47H55ClN8O6S.